The van der Waals surface area contributed by atoms with Crippen LogP contribution in [0.25, 0.3) is 22.4 Å². The maximum Gasteiger partial charge on any atom is 0.280 e. The molecule has 0 aliphatic heterocycles. The van der Waals surface area contributed by atoms with Crippen molar-refractivity contribution in [1.82, 2.24) is 14.6 Å². The van der Waals surface area contributed by atoms with Crippen LogP contribution >= 0.6 is 0 Å². The fraction of sp³-hybridized carbons (Fsp3) is 0.118. The van der Waals surface area contributed by atoms with E-state index in [1.807, 2.05) is 0 Å². The minimum atomic E-state index is -2.78. The predicted octanol–water partition coefficient (Wildman–Crippen LogP) is 2.07. The lowest BCUT2D eigenvalue weighted by Gasteiger charge is -2.15. The van der Waals surface area contributed by atoms with Crippen molar-refractivity contribution in [3.63, 3.8) is 0 Å². The largest absolute Gasteiger partial charge is 0.368 e. The highest BCUT2D eigenvalue weighted by molar-refractivity contribution is 5.81. The van der Waals surface area contributed by atoms with Crippen LogP contribution < -0.4 is 22.9 Å². The monoisotopic (exact) mass is 375 g/mol. The summed E-state index contributed by atoms with van der Waals surface area (Å²) >= 11 is 0. The normalized spacial score (nSPS) is 12.0. The number of hydrogen-bond acceptors (Lipinski definition) is 6. The maximum absolute atomic E-state index is 13.3. The van der Waals surface area contributed by atoms with Crippen molar-refractivity contribution in [3.8, 4) is 22.4 Å². The molecule has 0 radical (unpaired) electrons. The lowest BCUT2D eigenvalue weighted by Crippen LogP contribution is -2.34. The van der Waals surface area contributed by atoms with E-state index < -0.39 is 17.9 Å². The zero-order valence-corrected chi connectivity index (χ0v) is 14.2. The van der Waals surface area contributed by atoms with E-state index in [0.29, 0.717) is 16.8 Å². The van der Waals surface area contributed by atoms with E-state index in [-0.39, 0.29) is 22.7 Å². The van der Waals surface area contributed by atoms with Crippen LogP contribution in [0.3, 0.4) is 0 Å². The quantitative estimate of drug-likeness (QED) is 0.478. The predicted molar refractivity (Wildman–Crippen MR) is 94.9 cm³/mol. The number of benzene rings is 1. The fourth-order valence-electron chi connectivity index (χ4n) is 2.72. The van der Waals surface area contributed by atoms with Crippen molar-refractivity contribution in [2.24, 2.45) is 10.9 Å². The van der Waals surface area contributed by atoms with Crippen molar-refractivity contribution in [2.45, 2.75) is 13.3 Å². The molecule has 0 bridgehead atoms. The van der Waals surface area contributed by atoms with Gasteiger partial charge < -0.3 is 17.4 Å². The molecule has 7 nitrogen and oxygen atoms in total. The van der Waals surface area contributed by atoms with Crippen LogP contribution in [0, 0.1) is 12.7 Å². The Hall–Kier alpha value is -3.56. The summed E-state index contributed by atoms with van der Waals surface area (Å²) in [5.41, 5.74) is 7.13. The molecule has 0 saturated carbocycles. The molecule has 0 amide bonds. The Morgan fingerprint density at radius 2 is 1.74 bits per heavy atom. The van der Waals surface area contributed by atoms with E-state index in [2.05, 4.69) is 15.1 Å². The van der Waals surface area contributed by atoms with Gasteiger partial charge in [-0.2, -0.15) is 5.10 Å². The van der Waals surface area contributed by atoms with E-state index in [1.165, 1.54) is 30.3 Å². The average molecular weight is 375 g/mol. The summed E-state index contributed by atoms with van der Waals surface area (Å²) in [6.07, 6.45) is -2.78. The third kappa shape index (κ3) is 3.41. The third-order valence-corrected chi connectivity index (χ3v) is 3.89. The zero-order chi connectivity index (χ0) is 19.7. The van der Waals surface area contributed by atoms with Crippen molar-refractivity contribution >= 4 is 5.95 Å². The Kier molecular flexibility index (Phi) is 4.72. The number of halogens is 3. The zero-order valence-electron chi connectivity index (χ0n) is 14.2. The van der Waals surface area contributed by atoms with E-state index in [9.17, 15) is 13.2 Å². The van der Waals surface area contributed by atoms with Gasteiger partial charge in [-0.25, -0.2) is 22.8 Å². The SMILES string of the molecule is Cc1cc(-c2c(-c3ccc(F)cc3)nc(N)n(N)/c2=N\N)cc(C(F)F)n1. The molecule has 0 saturated heterocycles. The number of hydrogen-bond donors (Lipinski definition) is 3. The lowest BCUT2D eigenvalue weighted by atomic mass is 9.99. The minimum Gasteiger partial charge on any atom is -0.368 e. The Balaban J connectivity index is 2.41. The molecule has 0 atom stereocenters. The van der Waals surface area contributed by atoms with Gasteiger partial charge in [0, 0.05) is 11.3 Å². The molecule has 0 aliphatic carbocycles. The first-order chi connectivity index (χ1) is 12.8. The van der Waals surface area contributed by atoms with Crippen molar-refractivity contribution in [1.29, 1.82) is 0 Å². The van der Waals surface area contributed by atoms with Crippen molar-refractivity contribution in [2.75, 3.05) is 11.6 Å². The number of anilines is 1. The van der Waals surface area contributed by atoms with Crippen LogP contribution in [0.5, 0.6) is 0 Å². The highest BCUT2D eigenvalue weighted by Crippen LogP contribution is 2.31. The molecule has 0 spiro atoms. The number of nitrogen functional groups attached to an aromatic ring is 2. The fourth-order valence-corrected chi connectivity index (χ4v) is 2.72. The van der Waals surface area contributed by atoms with E-state index in [0.717, 1.165) is 4.68 Å². The Morgan fingerprint density at radius 1 is 1.07 bits per heavy atom. The number of aryl methyl sites for hydroxylation is 1. The van der Waals surface area contributed by atoms with Crippen LogP contribution in [0.2, 0.25) is 0 Å². The van der Waals surface area contributed by atoms with Gasteiger partial charge in [-0.1, -0.05) is 0 Å². The third-order valence-electron chi connectivity index (χ3n) is 3.89. The highest BCUT2D eigenvalue weighted by atomic mass is 19.3. The molecular weight excluding hydrogens is 359 g/mol. The van der Waals surface area contributed by atoms with Gasteiger partial charge in [-0.15, -0.1) is 0 Å². The second-order valence-corrected chi connectivity index (χ2v) is 5.75. The summed E-state index contributed by atoms with van der Waals surface area (Å²) < 4.78 is 40.7. The van der Waals surface area contributed by atoms with Gasteiger partial charge in [0.25, 0.3) is 6.43 Å². The van der Waals surface area contributed by atoms with Crippen LogP contribution in [0.1, 0.15) is 17.8 Å². The van der Waals surface area contributed by atoms with Gasteiger partial charge in [0.2, 0.25) is 5.95 Å². The Morgan fingerprint density at radius 3 is 2.33 bits per heavy atom. The summed E-state index contributed by atoms with van der Waals surface area (Å²) in [5.74, 6) is 10.8. The molecule has 1 aromatic carbocycles. The molecule has 2 aromatic heterocycles. The van der Waals surface area contributed by atoms with E-state index in [4.69, 9.17) is 17.4 Å². The first-order valence-corrected chi connectivity index (χ1v) is 7.76. The number of aromatic nitrogens is 3. The van der Waals surface area contributed by atoms with Gasteiger partial charge in [-0.05, 0) is 48.9 Å². The van der Waals surface area contributed by atoms with E-state index >= 15 is 0 Å². The van der Waals surface area contributed by atoms with E-state index in [1.54, 1.807) is 13.0 Å². The van der Waals surface area contributed by atoms with Crippen molar-refractivity contribution in [3.05, 3.63) is 59.1 Å². The smallest absolute Gasteiger partial charge is 0.280 e. The number of nitrogens with two attached hydrogens (primary N) is 3. The second kappa shape index (κ2) is 6.98. The minimum absolute atomic E-state index is 0.0210. The highest BCUT2D eigenvalue weighted by Gasteiger charge is 2.19. The standard InChI is InChI=1S/C17H16F3N7/c1-8-6-10(7-12(24-8)15(19)20)13-14(9-2-4-11(18)5-3-9)25-17(21)27(23)16(13)26-22/h2-7,15H,22-23H2,1H3,(H2,21,25)/b26-16-. The van der Waals surface area contributed by atoms with Crippen LogP contribution in [0.15, 0.2) is 41.5 Å². The number of alkyl halides is 2. The van der Waals surface area contributed by atoms with Crippen molar-refractivity contribution < 1.29 is 13.2 Å². The molecule has 27 heavy (non-hydrogen) atoms. The first kappa shape index (κ1) is 18.2. The van der Waals surface area contributed by atoms with Crippen LogP contribution in [0.4, 0.5) is 19.1 Å². The van der Waals surface area contributed by atoms with Gasteiger partial charge >= 0.3 is 0 Å². The van der Waals surface area contributed by atoms with Gasteiger partial charge in [0.05, 0.1) is 11.3 Å². The average Bonchev–Trinajstić information content (AvgIpc) is 2.63. The molecule has 0 unspecified atom stereocenters. The molecule has 3 rings (SSSR count). The maximum atomic E-state index is 13.3. The summed E-state index contributed by atoms with van der Waals surface area (Å²) in [4.78, 5) is 8.06. The topological polar surface area (TPSA) is 121 Å². The lowest BCUT2D eigenvalue weighted by molar-refractivity contribution is 0.146. The molecule has 10 heteroatoms. The molecule has 140 valence electrons. The molecule has 6 N–H and O–H groups in total. The van der Waals surface area contributed by atoms with Crippen LogP contribution in [-0.2, 0) is 0 Å². The number of rotatable bonds is 3. The van der Waals surface area contributed by atoms with Gasteiger partial charge in [0.15, 0.2) is 5.49 Å². The van der Waals surface area contributed by atoms with Crippen LogP contribution in [-0.4, -0.2) is 14.6 Å². The molecular formula is C17H16F3N7. The Labute approximate surface area is 151 Å². The number of nitrogens with zero attached hydrogens (tertiary/aromatic N) is 4. The molecule has 0 aliphatic rings. The summed E-state index contributed by atoms with van der Waals surface area (Å²) in [5, 5.41) is 3.65. The summed E-state index contributed by atoms with van der Waals surface area (Å²) in [6, 6.07) is 8.20. The summed E-state index contributed by atoms with van der Waals surface area (Å²) in [6.45, 7) is 1.58. The summed E-state index contributed by atoms with van der Waals surface area (Å²) in [7, 11) is 0. The molecule has 0 fully saturated rings. The van der Waals surface area contributed by atoms with Gasteiger partial charge in [-0.3, -0.25) is 4.98 Å². The second-order valence-electron chi connectivity index (χ2n) is 5.75. The molecule has 2 heterocycles. The van der Waals surface area contributed by atoms with Gasteiger partial charge in [0.1, 0.15) is 11.5 Å². The number of pyridine rings is 1. The Bertz CT molecular complexity index is 1060. The first-order valence-electron chi connectivity index (χ1n) is 7.76. The molecule has 3 aromatic rings.